The summed E-state index contributed by atoms with van der Waals surface area (Å²) in [6.07, 6.45) is -1.59. The Morgan fingerprint density at radius 1 is 1.14 bits per heavy atom. The van der Waals surface area contributed by atoms with Crippen LogP contribution < -0.4 is 19.5 Å². The number of aromatic nitrogens is 4. The lowest BCUT2D eigenvalue weighted by Crippen LogP contribution is -2.41. The smallest absolute Gasteiger partial charge is 0.407 e. The number of carbonyl (C=O) groups is 1. The van der Waals surface area contributed by atoms with E-state index in [9.17, 15) is 9.90 Å². The monoisotopic (exact) mass is 494 g/mol. The number of carboxylic acid groups (broad SMARTS) is 1. The molecule has 0 aliphatic carbocycles. The molecule has 12 nitrogen and oxygen atoms in total. The lowest BCUT2D eigenvalue weighted by Gasteiger charge is -2.29. The molecule has 3 heterocycles. The van der Waals surface area contributed by atoms with E-state index in [0.29, 0.717) is 53.3 Å². The highest BCUT2D eigenvalue weighted by Gasteiger charge is 2.29. The van der Waals surface area contributed by atoms with Crippen molar-refractivity contribution < 1.29 is 28.8 Å². The van der Waals surface area contributed by atoms with Gasteiger partial charge in [-0.15, -0.1) is 5.10 Å². The quantitative estimate of drug-likeness (QED) is 0.395. The molecule has 2 aromatic heterocycles. The molecule has 0 spiro atoms. The van der Waals surface area contributed by atoms with Crippen molar-refractivity contribution in [3.63, 3.8) is 0 Å². The van der Waals surface area contributed by atoms with Crippen molar-refractivity contribution in [2.75, 3.05) is 46.3 Å². The Morgan fingerprint density at radius 2 is 1.97 bits per heavy atom. The van der Waals surface area contributed by atoms with E-state index in [4.69, 9.17) is 28.9 Å². The van der Waals surface area contributed by atoms with E-state index < -0.39 is 12.2 Å². The average molecular weight is 495 g/mol. The maximum Gasteiger partial charge on any atom is 0.407 e. The number of morpholine rings is 1. The fourth-order valence-corrected chi connectivity index (χ4v) is 4.19. The minimum atomic E-state index is -1.00. The molecule has 1 aliphatic heterocycles. The molecule has 1 fully saturated rings. The third-order valence-corrected chi connectivity index (χ3v) is 6.06. The van der Waals surface area contributed by atoms with Gasteiger partial charge in [-0.05, 0) is 24.3 Å². The van der Waals surface area contributed by atoms with Gasteiger partial charge in [0.05, 0.1) is 34.5 Å². The van der Waals surface area contributed by atoms with Crippen molar-refractivity contribution >= 4 is 28.6 Å². The normalized spacial score (nSPS) is 15.8. The van der Waals surface area contributed by atoms with Gasteiger partial charge in [-0.3, -0.25) is 0 Å². The second-order valence-corrected chi connectivity index (χ2v) is 8.12. The van der Waals surface area contributed by atoms with Gasteiger partial charge in [0.2, 0.25) is 5.95 Å². The number of rotatable bonds is 7. The lowest BCUT2D eigenvalue weighted by molar-refractivity contribution is -0.0272. The first kappa shape index (κ1) is 23.4. The number of hydrogen-bond acceptors (Lipinski definition) is 9. The Bertz CT molecular complexity index is 1420. The van der Waals surface area contributed by atoms with Crippen LogP contribution in [-0.2, 0) is 11.3 Å². The maximum atomic E-state index is 11.5. The van der Waals surface area contributed by atoms with Gasteiger partial charge in [0.1, 0.15) is 28.9 Å². The third kappa shape index (κ3) is 4.26. The first-order valence-electron chi connectivity index (χ1n) is 11.3. The maximum absolute atomic E-state index is 11.5. The molecule has 1 saturated heterocycles. The number of benzene rings is 2. The Balaban J connectivity index is 1.57. The molecule has 1 unspecified atom stereocenters. The predicted molar refractivity (Wildman–Crippen MR) is 130 cm³/mol. The van der Waals surface area contributed by atoms with Crippen LogP contribution in [0.2, 0.25) is 0 Å². The largest absolute Gasteiger partial charge is 0.497 e. The number of methoxy groups -OCH3 is 3. The summed E-state index contributed by atoms with van der Waals surface area (Å²) in [4.78, 5) is 22.3. The molecule has 188 valence electrons. The Hall–Kier alpha value is -4.32. The second kappa shape index (κ2) is 9.74. The molecular weight excluding hydrogens is 468 g/mol. The summed E-state index contributed by atoms with van der Waals surface area (Å²) in [5, 5.41) is 18.1. The van der Waals surface area contributed by atoms with E-state index in [0.717, 1.165) is 10.9 Å². The Morgan fingerprint density at radius 3 is 2.72 bits per heavy atom. The van der Waals surface area contributed by atoms with E-state index in [2.05, 4.69) is 10.4 Å². The molecule has 1 amide bonds. The highest BCUT2D eigenvalue weighted by Crippen LogP contribution is 2.31. The molecule has 36 heavy (non-hydrogen) atoms. The van der Waals surface area contributed by atoms with Crippen molar-refractivity contribution in [2.24, 2.45) is 0 Å². The van der Waals surface area contributed by atoms with Crippen LogP contribution in [0.3, 0.4) is 0 Å². The van der Waals surface area contributed by atoms with Crippen LogP contribution in [-0.4, -0.2) is 76.7 Å². The van der Waals surface area contributed by atoms with E-state index in [1.54, 1.807) is 25.8 Å². The molecule has 5 rings (SSSR count). The minimum absolute atomic E-state index is 0.146. The molecule has 0 saturated carbocycles. The zero-order valence-corrected chi connectivity index (χ0v) is 20.1. The molecule has 1 aliphatic rings. The van der Waals surface area contributed by atoms with Crippen molar-refractivity contribution in [3.8, 4) is 17.2 Å². The summed E-state index contributed by atoms with van der Waals surface area (Å²) in [5.74, 6) is 2.76. The zero-order chi connectivity index (χ0) is 25.2. The average Bonchev–Trinajstić information content (AvgIpc) is 3.37. The topological polar surface area (TPSA) is 133 Å². The van der Waals surface area contributed by atoms with Gasteiger partial charge in [-0.25, -0.2) is 14.8 Å². The summed E-state index contributed by atoms with van der Waals surface area (Å²) in [7, 11) is 4.79. The second-order valence-electron chi connectivity index (χ2n) is 8.12. The Kier molecular flexibility index (Phi) is 6.34. The SMILES string of the molecule is COc1ccc(CNc2nc3c(OC)cccc3c3nc(C4CN(C(=O)O)CCO4)nn23)c(OC)c1. The van der Waals surface area contributed by atoms with Gasteiger partial charge >= 0.3 is 6.09 Å². The number of anilines is 1. The molecule has 2 N–H and O–H groups in total. The van der Waals surface area contributed by atoms with Gasteiger partial charge in [0.15, 0.2) is 11.5 Å². The van der Waals surface area contributed by atoms with Crippen LogP contribution in [0.5, 0.6) is 17.2 Å². The molecule has 0 radical (unpaired) electrons. The predicted octanol–water partition coefficient (Wildman–Crippen LogP) is 2.97. The van der Waals surface area contributed by atoms with Crippen molar-refractivity contribution in [3.05, 3.63) is 47.8 Å². The van der Waals surface area contributed by atoms with Crippen LogP contribution >= 0.6 is 0 Å². The fraction of sp³-hybridized carbons (Fsp3) is 0.333. The van der Waals surface area contributed by atoms with Crippen LogP contribution in [0.4, 0.5) is 10.7 Å². The van der Waals surface area contributed by atoms with Crippen molar-refractivity contribution in [1.82, 2.24) is 24.5 Å². The van der Waals surface area contributed by atoms with Crippen molar-refractivity contribution in [2.45, 2.75) is 12.6 Å². The number of nitrogens with zero attached hydrogens (tertiary/aromatic N) is 5. The first-order valence-corrected chi connectivity index (χ1v) is 11.3. The number of hydrogen-bond donors (Lipinski definition) is 2. The van der Waals surface area contributed by atoms with Gasteiger partial charge in [-0.1, -0.05) is 6.07 Å². The van der Waals surface area contributed by atoms with E-state index in [1.165, 1.54) is 4.90 Å². The zero-order valence-electron chi connectivity index (χ0n) is 20.1. The number of amides is 1. The highest BCUT2D eigenvalue weighted by atomic mass is 16.5. The van der Waals surface area contributed by atoms with Crippen LogP contribution in [0.25, 0.3) is 16.6 Å². The van der Waals surface area contributed by atoms with E-state index in [1.807, 2.05) is 36.4 Å². The Labute approximate surface area is 206 Å². The molecule has 1 atom stereocenters. The minimum Gasteiger partial charge on any atom is -0.497 e. The lowest BCUT2D eigenvalue weighted by atomic mass is 10.2. The number of fused-ring (bicyclic) bond motifs is 3. The molecule has 12 heteroatoms. The van der Waals surface area contributed by atoms with Crippen LogP contribution in [0.15, 0.2) is 36.4 Å². The molecule has 4 aromatic rings. The molecular formula is C24H26N6O6. The summed E-state index contributed by atoms with van der Waals surface area (Å²) in [6, 6.07) is 11.1. The molecule has 0 bridgehead atoms. The first-order chi connectivity index (χ1) is 17.5. The fourth-order valence-electron chi connectivity index (χ4n) is 4.19. The van der Waals surface area contributed by atoms with E-state index in [-0.39, 0.29) is 13.2 Å². The highest BCUT2D eigenvalue weighted by molar-refractivity contribution is 5.96. The number of nitrogens with one attached hydrogen (secondary N) is 1. The van der Waals surface area contributed by atoms with Crippen LogP contribution in [0.1, 0.15) is 17.5 Å². The summed E-state index contributed by atoms with van der Waals surface area (Å²) in [5.41, 5.74) is 2.06. The molecule has 2 aromatic carbocycles. The van der Waals surface area contributed by atoms with Crippen molar-refractivity contribution in [1.29, 1.82) is 0 Å². The number of para-hydroxylation sites is 1. The summed E-state index contributed by atoms with van der Waals surface area (Å²) >= 11 is 0. The standard InChI is InChI=1S/C24H26N6O6/c1-33-15-8-7-14(18(11-15)35-3)12-25-23-26-20-16(5-4-6-17(20)34-2)22-27-21(28-30(22)23)19-13-29(24(31)32)9-10-36-19/h4-8,11,19H,9-10,12-13H2,1-3H3,(H,25,26)(H,31,32). The third-order valence-electron chi connectivity index (χ3n) is 6.06. The van der Waals surface area contributed by atoms with Gasteiger partial charge in [-0.2, -0.15) is 4.52 Å². The number of ether oxygens (including phenoxy) is 4. The van der Waals surface area contributed by atoms with E-state index >= 15 is 0 Å². The van der Waals surface area contributed by atoms with Gasteiger partial charge < -0.3 is 34.3 Å². The summed E-state index contributed by atoms with van der Waals surface area (Å²) in [6.45, 7) is 1.10. The van der Waals surface area contributed by atoms with Crippen LogP contribution in [0, 0.1) is 0 Å². The van der Waals surface area contributed by atoms with Gasteiger partial charge in [0.25, 0.3) is 0 Å². The van der Waals surface area contributed by atoms with Gasteiger partial charge in [0, 0.05) is 30.1 Å². The summed E-state index contributed by atoms with van der Waals surface area (Å²) < 4.78 is 23.8.